The molecule has 1 aromatic rings. The van der Waals surface area contributed by atoms with Gasteiger partial charge in [-0.3, -0.25) is 4.79 Å². The number of rotatable bonds is 3. The first-order valence-electron chi connectivity index (χ1n) is 5.47. The second-order valence-electron chi connectivity index (χ2n) is 3.17. The van der Waals surface area contributed by atoms with E-state index in [1.165, 1.54) is 19.2 Å². The molecule has 17 heavy (non-hydrogen) atoms. The molecule has 0 fully saturated rings. The van der Waals surface area contributed by atoms with Crippen LogP contribution >= 0.6 is 0 Å². The minimum atomic E-state index is -0.979. The second-order valence-corrected chi connectivity index (χ2v) is 3.17. The lowest BCUT2D eigenvalue weighted by molar-refractivity contribution is -0.141. The first kappa shape index (κ1) is 15.2. The number of aromatic carboxylic acids is 1. The van der Waals surface area contributed by atoms with E-state index in [0.29, 0.717) is 0 Å². The third-order valence-electron chi connectivity index (χ3n) is 2.21. The number of esters is 1. The molecule has 0 heterocycles. The highest BCUT2D eigenvalue weighted by Crippen LogP contribution is 2.17. The highest BCUT2D eigenvalue weighted by molar-refractivity contribution is 5.87. The van der Waals surface area contributed by atoms with Crippen LogP contribution in [-0.2, 0) is 9.53 Å². The van der Waals surface area contributed by atoms with Gasteiger partial charge in [0.25, 0.3) is 0 Å². The predicted molar refractivity (Wildman–Crippen MR) is 65.2 cm³/mol. The van der Waals surface area contributed by atoms with Gasteiger partial charge in [0, 0.05) is 0 Å². The minimum absolute atomic E-state index is 0.204. The van der Waals surface area contributed by atoms with Gasteiger partial charge in [-0.15, -0.1) is 0 Å². The second kappa shape index (κ2) is 7.44. The predicted octanol–water partition coefficient (Wildman–Crippen LogP) is 2.69. The molecule has 1 atom stereocenters. The Morgan fingerprint density at radius 1 is 1.18 bits per heavy atom. The van der Waals surface area contributed by atoms with Crippen molar-refractivity contribution in [2.24, 2.45) is 0 Å². The first-order valence-corrected chi connectivity index (χ1v) is 5.47. The maximum Gasteiger partial charge on any atom is 0.335 e. The van der Waals surface area contributed by atoms with E-state index in [1.807, 2.05) is 13.8 Å². The molecule has 0 aliphatic carbocycles. The van der Waals surface area contributed by atoms with Crippen LogP contribution in [0.25, 0.3) is 0 Å². The SMILES string of the molecule is CC.COC(=O)C(C)c1ccc(C(=O)O)cc1. The fourth-order valence-electron chi connectivity index (χ4n) is 1.23. The van der Waals surface area contributed by atoms with Crippen molar-refractivity contribution in [3.8, 4) is 0 Å². The van der Waals surface area contributed by atoms with Gasteiger partial charge in [-0.1, -0.05) is 26.0 Å². The maximum absolute atomic E-state index is 11.2. The van der Waals surface area contributed by atoms with Gasteiger partial charge in [-0.25, -0.2) is 4.79 Å². The van der Waals surface area contributed by atoms with Crippen molar-refractivity contribution in [1.29, 1.82) is 0 Å². The van der Waals surface area contributed by atoms with Gasteiger partial charge in [-0.05, 0) is 24.6 Å². The van der Waals surface area contributed by atoms with Crippen molar-refractivity contribution in [2.75, 3.05) is 7.11 Å². The number of hydrogen-bond acceptors (Lipinski definition) is 3. The van der Waals surface area contributed by atoms with Crippen molar-refractivity contribution in [3.63, 3.8) is 0 Å². The van der Waals surface area contributed by atoms with E-state index >= 15 is 0 Å². The molecule has 1 rings (SSSR count). The topological polar surface area (TPSA) is 63.6 Å². The van der Waals surface area contributed by atoms with Crippen molar-refractivity contribution in [1.82, 2.24) is 0 Å². The zero-order chi connectivity index (χ0) is 13.4. The summed E-state index contributed by atoms with van der Waals surface area (Å²) in [7, 11) is 1.32. The van der Waals surface area contributed by atoms with E-state index < -0.39 is 5.97 Å². The molecular formula is C13H18O4. The standard InChI is InChI=1S/C11H12O4.C2H6/c1-7(11(14)15-2)8-3-5-9(6-4-8)10(12)13;1-2/h3-7H,1-2H3,(H,12,13);1-2H3. The number of benzene rings is 1. The normalized spacial score (nSPS) is 10.8. The van der Waals surface area contributed by atoms with Crippen LogP contribution in [0.4, 0.5) is 0 Å². The molecule has 0 amide bonds. The number of hydrogen-bond donors (Lipinski definition) is 1. The highest BCUT2D eigenvalue weighted by Gasteiger charge is 2.15. The van der Waals surface area contributed by atoms with Crippen LogP contribution in [0.1, 0.15) is 42.6 Å². The zero-order valence-electron chi connectivity index (χ0n) is 10.6. The molecule has 0 aromatic heterocycles. The molecule has 0 aliphatic heterocycles. The lowest BCUT2D eigenvalue weighted by Gasteiger charge is -2.09. The molecule has 0 radical (unpaired) electrons. The van der Waals surface area contributed by atoms with Gasteiger partial charge in [-0.2, -0.15) is 0 Å². The Morgan fingerprint density at radius 2 is 1.65 bits per heavy atom. The Kier molecular flexibility index (Phi) is 6.63. The summed E-state index contributed by atoms with van der Waals surface area (Å²) >= 11 is 0. The largest absolute Gasteiger partial charge is 0.478 e. The number of carboxylic acids is 1. The third kappa shape index (κ3) is 4.26. The van der Waals surface area contributed by atoms with Crippen LogP contribution in [0, 0.1) is 0 Å². The zero-order valence-corrected chi connectivity index (χ0v) is 10.6. The molecule has 0 bridgehead atoms. The van der Waals surface area contributed by atoms with Crippen molar-refractivity contribution in [3.05, 3.63) is 35.4 Å². The molecule has 94 valence electrons. The average Bonchev–Trinajstić information content (AvgIpc) is 2.39. The molecule has 0 saturated carbocycles. The van der Waals surface area contributed by atoms with Crippen LogP contribution in [0.15, 0.2) is 24.3 Å². The number of carbonyl (C=O) groups excluding carboxylic acids is 1. The van der Waals surface area contributed by atoms with Gasteiger partial charge in [0.1, 0.15) is 0 Å². The third-order valence-corrected chi connectivity index (χ3v) is 2.21. The van der Waals surface area contributed by atoms with E-state index in [4.69, 9.17) is 5.11 Å². The van der Waals surface area contributed by atoms with Crippen LogP contribution in [-0.4, -0.2) is 24.2 Å². The summed E-state index contributed by atoms with van der Waals surface area (Å²) < 4.78 is 4.59. The van der Waals surface area contributed by atoms with Crippen LogP contribution in [0.3, 0.4) is 0 Å². The summed E-state index contributed by atoms with van der Waals surface area (Å²) in [5.41, 5.74) is 0.947. The van der Waals surface area contributed by atoms with E-state index in [-0.39, 0.29) is 17.5 Å². The van der Waals surface area contributed by atoms with E-state index in [9.17, 15) is 9.59 Å². The van der Waals surface area contributed by atoms with Crippen molar-refractivity contribution < 1.29 is 19.4 Å². The van der Waals surface area contributed by atoms with E-state index in [2.05, 4.69) is 4.74 Å². The van der Waals surface area contributed by atoms with Crippen molar-refractivity contribution in [2.45, 2.75) is 26.7 Å². The highest BCUT2D eigenvalue weighted by atomic mass is 16.5. The smallest absolute Gasteiger partial charge is 0.335 e. The summed E-state index contributed by atoms with van der Waals surface area (Å²) in [6, 6.07) is 6.17. The summed E-state index contributed by atoms with van der Waals surface area (Å²) in [5.74, 6) is -1.69. The lowest BCUT2D eigenvalue weighted by atomic mass is 10.00. The molecule has 1 aromatic carbocycles. The average molecular weight is 238 g/mol. The monoisotopic (exact) mass is 238 g/mol. The molecule has 4 nitrogen and oxygen atoms in total. The molecule has 1 unspecified atom stereocenters. The number of carbonyl (C=O) groups is 2. The summed E-state index contributed by atoms with van der Waals surface area (Å²) in [6.45, 7) is 5.71. The summed E-state index contributed by atoms with van der Waals surface area (Å²) in [6.07, 6.45) is 0. The molecule has 0 saturated heterocycles. The van der Waals surface area contributed by atoms with Crippen LogP contribution in [0.5, 0.6) is 0 Å². The Hall–Kier alpha value is -1.84. The molecule has 0 spiro atoms. The molecule has 0 aliphatic rings. The number of ether oxygens (including phenoxy) is 1. The van der Waals surface area contributed by atoms with Gasteiger partial charge in [0.2, 0.25) is 0 Å². The summed E-state index contributed by atoms with van der Waals surface area (Å²) in [5, 5.41) is 8.68. The fourth-order valence-corrected chi connectivity index (χ4v) is 1.23. The van der Waals surface area contributed by atoms with Gasteiger partial charge >= 0.3 is 11.9 Å². The van der Waals surface area contributed by atoms with E-state index in [0.717, 1.165) is 5.56 Å². The summed E-state index contributed by atoms with van der Waals surface area (Å²) in [4.78, 5) is 21.8. The number of carboxylic acid groups (broad SMARTS) is 1. The fraction of sp³-hybridized carbons (Fsp3) is 0.385. The molecule has 4 heteroatoms. The Morgan fingerprint density at radius 3 is 2.00 bits per heavy atom. The van der Waals surface area contributed by atoms with Crippen LogP contribution in [0.2, 0.25) is 0 Å². The van der Waals surface area contributed by atoms with Crippen molar-refractivity contribution >= 4 is 11.9 Å². The van der Waals surface area contributed by atoms with Gasteiger partial charge < -0.3 is 9.84 Å². The lowest BCUT2D eigenvalue weighted by Crippen LogP contribution is -2.10. The Labute approximate surface area is 101 Å². The quantitative estimate of drug-likeness (QED) is 0.822. The number of methoxy groups -OCH3 is 1. The van der Waals surface area contributed by atoms with Crippen LogP contribution < -0.4 is 0 Å². The van der Waals surface area contributed by atoms with Gasteiger partial charge in [0.15, 0.2) is 0 Å². The minimum Gasteiger partial charge on any atom is -0.478 e. The maximum atomic E-state index is 11.2. The van der Waals surface area contributed by atoms with E-state index in [1.54, 1.807) is 19.1 Å². The molecule has 1 N–H and O–H groups in total. The van der Waals surface area contributed by atoms with Gasteiger partial charge in [0.05, 0.1) is 18.6 Å². The molecular weight excluding hydrogens is 220 g/mol. The Bertz CT molecular complexity index is 368. The Balaban J connectivity index is 0.00000121. The first-order chi connectivity index (χ1) is 8.06.